The van der Waals surface area contributed by atoms with Gasteiger partial charge in [0.15, 0.2) is 0 Å². The van der Waals surface area contributed by atoms with Crippen LogP contribution in [-0.4, -0.2) is 41.5 Å². The lowest BCUT2D eigenvalue weighted by Crippen LogP contribution is -2.17. The van der Waals surface area contributed by atoms with Gasteiger partial charge in [0.1, 0.15) is 11.5 Å². The van der Waals surface area contributed by atoms with Crippen LogP contribution < -0.4 is 14.9 Å². The summed E-state index contributed by atoms with van der Waals surface area (Å²) in [6, 6.07) is 17.5. The van der Waals surface area contributed by atoms with E-state index in [1.807, 2.05) is 6.07 Å². The minimum atomic E-state index is -0.349. The van der Waals surface area contributed by atoms with Gasteiger partial charge >= 0.3 is 0 Å². The van der Waals surface area contributed by atoms with Crippen LogP contribution in [0.15, 0.2) is 76.4 Å². The summed E-state index contributed by atoms with van der Waals surface area (Å²) in [5, 5.41) is 12.1. The van der Waals surface area contributed by atoms with Crippen LogP contribution >= 0.6 is 0 Å². The highest BCUT2D eigenvalue weighted by atomic mass is 16.5. The van der Waals surface area contributed by atoms with Gasteiger partial charge in [-0.25, -0.2) is 5.43 Å². The van der Waals surface area contributed by atoms with Gasteiger partial charge in [-0.05, 0) is 48.5 Å². The van der Waals surface area contributed by atoms with Crippen molar-refractivity contribution in [2.45, 2.75) is 0 Å². The SMILES string of the molecule is COc1ccc(-c2nnc(-c3ccc(C(=O)N/N=C/c4ccccn4)cc3)o2)c(OC)c1. The first-order chi connectivity index (χ1) is 15.7. The van der Waals surface area contributed by atoms with E-state index in [1.165, 1.54) is 6.21 Å². The number of carbonyl (C=O) groups is 1. The largest absolute Gasteiger partial charge is 0.497 e. The first-order valence-electron chi connectivity index (χ1n) is 9.58. The molecule has 0 spiro atoms. The summed E-state index contributed by atoms with van der Waals surface area (Å²) in [5.41, 5.74) is 4.86. The molecule has 0 unspecified atom stereocenters. The molecule has 0 aliphatic heterocycles. The Labute approximate surface area is 183 Å². The zero-order valence-corrected chi connectivity index (χ0v) is 17.4. The van der Waals surface area contributed by atoms with Gasteiger partial charge in [-0.2, -0.15) is 5.10 Å². The summed E-state index contributed by atoms with van der Waals surface area (Å²) in [5.74, 6) is 1.49. The first kappa shape index (κ1) is 20.7. The second-order valence-corrected chi connectivity index (χ2v) is 6.51. The molecule has 0 fully saturated rings. The zero-order chi connectivity index (χ0) is 22.3. The molecule has 9 nitrogen and oxygen atoms in total. The van der Waals surface area contributed by atoms with Crippen LogP contribution in [0.1, 0.15) is 16.1 Å². The van der Waals surface area contributed by atoms with E-state index >= 15 is 0 Å². The number of nitrogens with one attached hydrogen (secondary N) is 1. The van der Waals surface area contributed by atoms with Crippen LogP contribution in [0.2, 0.25) is 0 Å². The lowest BCUT2D eigenvalue weighted by atomic mass is 10.1. The molecule has 0 atom stereocenters. The molecular formula is C23H19N5O4. The van der Waals surface area contributed by atoms with Crippen molar-refractivity contribution in [3.8, 4) is 34.4 Å². The molecular weight excluding hydrogens is 410 g/mol. The number of hydrogen-bond acceptors (Lipinski definition) is 8. The van der Waals surface area contributed by atoms with Gasteiger partial charge in [-0.1, -0.05) is 6.07 Å². The Kier molecular flexibility index (Phi) is 6.17. The van der Waals surface area contributed by atoms with Gasteiger partial charge in [-0.3, -0.25) is 9.78 Å². The maximum Gasteiger partial charge on any atom is 0.271 e. The Morgan fingerprint density at radius 2 is 1.81 bits per heavy atom. The fourth-order valence-electron chi connectivity index (χ4n) is 2.86. The van der Waals surface area contributed by atoms with E-state index in [1.54, 1.807) is 75.0 Å². The molecule has 9 heteroatoms. The van der Waals surface area contributed by atoms with E-state index in [0.29, 0.717) is 45.7 Å². The number of hydrogen-bond donors (Lipinski definition) is 1. The molecule has 2 aromatic heterocycles. The van der Waals surface area contributed by atoms with Crippen molar-refractivity contribution in [2.75, 3.05) is 14.2 Å². The molecule has 32 heavy (non-hydrogen) atoms. The lowest BCUT2D eigenvalue weighted by Gasteiger charge is -2.07. The summed E-state index contributed by atoms with van der Waals surface area (Å²) in [6.07, 6.45) is 3.12. The van der Waals surface area contributed by atoms with E-state index in [4.69, 9.17) is 13.9 Å². The second-order valence-electron chi connectivity index (χ2n) is 6.51. The van der Waals surface area contributed by atoms with Crippen LogP contribution in [0.25, 0.3) is 22.9 Å². The minimum Gasteiger partial charge on any atom is -0.497 e. The van der Waals surface area contributed by atoms with Gasteiger partial charge in [-0.15, -0.1) is 10.2 Å². The second kappa shape index (κ2) is 9.52. The fraction of sp³-hybridized carbons (Fsp3) is 0.0870. The van der Waals surface area contributed by atoms with Crippen LogP contribution in [0.3, 0.4) is 0 Å². The Bertz CT molecular complexity index is 1240. The van der Waals surface area contributed by atoms with Gasteiger partial charge < -0.3 is 13.9 Å². The molecule has 1 amide bonds. The highest BCUT2D eigenvalue weighted by Crippen LogP contribution is 2.33. The molecule has 0 aliphatic rings. The molecule has 0 saturated carbocycles. The number of aromatic nitrogens is 3. The monoisotopic (exact) mass is 429 g/mol. The quantitative estimate of drug-likeness (QED) is 0.353. The number of pyridine rings is 1. The standard InChI is InChI=1S/C23H19N5O4/c1-30-18-10-11-19(20(13-18)31-2)23-28-27-22(32-23)16-8-6-15(7-9-16)21(29)26-25-14-17-5-3-4-12-24-17/h3-14H,1-2H3,(H,26,29)/b25-14+. The summed E-state index contributed by atoms with van der Waals surface area (Å²) < 4.78 is 16.4. The summed E-state index contributed by atoms with van der Waals surface area (Å²) in [6.45, 7) is 0. The van der Waals surface area contributed by atoms with Crippen molar-refractivity contribution < 1.29 is 18.7 Å². The van der Waals surface area contributed by atoms with Crippen molar-refractivity contribution in [3.63, 3.8) is 0 Å². The number of methoxy groups -OCH3 is 2. The molecule has 4 rings (SSSR count). The van der Waals surface area contributed by atoms with Crippen molar-refractivity contribution in [2.24, 2.45) is 5.10 Å². The molecule has 0 aliphatic carbocycles. The number of amides is 1. The summed E-state index contributed by atoms with van der Waals surface area (Å²) in [7, 11) is 3.13. The van der Waals surface area contributed by atoms with E-state index in [-0.39, 0.29) is 5.91 Å². The van der Waals surface area contributed by atoms with E-state index in [0.717, 1.165) is 0 Å². The molecule has 2 heterocycles. The third-order valence-electron chi connectivity index (χ3n) is 4.51. The van der Waals surface area contributed by atoms with E-state index in [9.17, 15) is 4.79 Å². The van der Waals surface area contributed by atoms with Crippen molar-refractivity contribution in [3.05, 3.63) is 78.1 Å². The van der Waals surface area contributed by atoms with Gasteiger partial charge in [0.2, 0.25) is 5.89 Å². The molecule has 2 aromatic carbocycles. The van der Waals surface area contributed by atoms with Crippen LogP contribution in [0, 0.1) is 0 Å². The molecule has 1 N–H and O–H groups in total. The third kappa shape index (κ3) is 4.62. The Morgan fingerprint density at radius 1 is 1.00 bits per heavy atom. The Morgan fingerprint density at radius 3 is 2.53 bits per heavy atom. The van der Waals surface area contributed by atoms with Crippen LogP contribution in [0.5, 0.6) is 11.5 Å². The molecule has 0 bridgehead atoms. The molecule has 0 saturated heterocycles. The lowest BCUT2D eigenvalue weighted by molar-refractivity contribution is 0.0955. The zero-order valence-electron chi connectivity index (χ0n) is 17.4. The molecule has 0 radical (unpaired) electrons. The normalized spacial score (nSPS) is 10.8. The number of rotatable bonds is 7. The van der Waals surface area contributed by atoms with Crippen LogP contribution in [-0.2, 0) is 0 Å². The van der Waals surface area contributed by atoms with Gasteiger partial charge in [0, 0.05) is 23.4 Å². The maximum atomic E-state index is 12.3. The molecule has 4 aromatic rings. The topological polar surface area (TPSA) is 112 Å². The van der Waals surface area contributed by atoms with Crippen molar-refractivity contribution >= 4 is 12.1 Å². The first-order valence-corrected chi connectivity index (χ1v) is 9.58. The number of hydrazone groups is 1. The van der Waals surface area contributed by atoms with E-state index in [2.05, 4.69) is 25.7 Å². The van der Waals surface area contributed by atoms with Crippen molar-refractivity contribution in [1.82, 2.24) is 20.6 Å². The van der Waals surface area contributed by atoms with Gasteiger partial charge in [0.25, 0.3) is 11.8 Å². The average molecular weight is 429 g/mol. The number of nitrogens with zero attached hydrogens (tertiary/aromatic N) is 4. The predicted molar refractivity (Wildman–Crippen MR) is 118 cm³/mol. The van der Waals surface area contributed by atoms with Crippen molar-refractivity contribution in [1.29, 1.82) is 0 Å². The van der Waals surface area contributed by atoms with Crippen LogP contribution in [0.4, 0.5) is 0 Å². The number of carbonyl (C=O) groups excluding carboxylic acids is 1. The smallest absolute Gasteiger partial charge is 0.271 e. The van der Waals surface area contributed by atoms with Gasteiger partial charge in [0.05, 0.1) is 31.7 Å². The number of benzene rings is 2. The fourth-order valence-corrected chi connectivity index (χ4v) is 2.86. The van der Waals surface area contributed by atoms with E-state index < -0.39 is 0 Å². The molecule has 160 valence electrons. The maximum absolute atomic E-state index is 12.3. The Balaban J connectivity index is 1.46. The number of ether oxygens (including phenoxy) is 2. The highest BCUT2D eigenvalue weighted by molar-refractivity contribution is 5.95. The average Bonchev–Trinajstić information content (AvgIpc) is 3.34. The highest BCUT2D eigenvalue weighted by Gasteiger charge is 2.16. The Hall–Kier alpha value is -4.53. The summed E-state index contributed by atoms with van der Waals surface area (Å²) >= 11 is 0. The third-order valence-corrected chi connectivity index (χ3v) is 4.51. The minimum absolute atomic E-state index is 0.310. The predicted octanol–water partition coefficient (Wildman–Crippen LogP) is 3.58. The summed E-state index contributed by atoms with van der Waals surface area (Å²) in [4.78, 5) is 16.4.